The van der Waals surface area contributed by atoms with Crippen LogP contribution in [0.5, 0.6) is 0 Å². The van der Waals surface area contributed by atoms with Crippen LogP contribution >= 0.6 is 0 Å². The Kier molecular flexibility index (Phi) is 4.96. The van der Waals surface area contributed by atoms with Gasteiger partial charge in [0.1, 0.15) is 0 Å². The number of hydrogen-bond acceptors (Lipinski definition) is 5. The van der Waals surface area contributed by atoms with E-state index >= 15 is 0 Å². The summed E-state index contributed by atoms with van der Waals surface area (Å²) in [6, 6.07) is 6.31. The van der Waals surface area contributed by atoms with E-state index in [4.69, 9.17) is 4.74 Å². The van der Waals surface area contributed by atoms with Gasteiger partial charge in [0, 0.05) is 31.2 Å². The largest absolute Gasteiger partial charge is 0.379 e. The lowest BCUT2D eigenvalue weighted by Gasteiger charge is -2.26. The SMILES string of the molecule is O=C(NC1CCNC1)c1cccc(S(=O)(=O)N2CCOCC2)c1. The minimum Gasteiger partial charge on any atom is -0.379 e. The zero-order valence-corrected chi connectivity index (χ0v) is 13.6. The molecule has 2 fully saturated rings. The van der Waals surface area contributed by atoms with E-state index in [-0.39, 0.29) is 16.8 Å². The Morgan fingerprint density at radius 1 is 1.30 bits per heavy atom. The summed E-state index contributed by atoms with van der Waals surface area (Å²) < 4.78 is 31.9. The molecule has 1 unspecified atom stereocenters. The molecule has 2 aliphatic rings. The number of hydrogen-bond donors (Lipinski definition) is 2. The monoisotopic (exact) mass is 339 g/mol. The summed E-state index contributed by atoms with van der Waals surface area (Å²) in [5.41, 5.74) is 0.367. The number of sulfonamides is 1. The van der Waals surface area contributed by atoms with Crippen molar-refractivity contribution in [2.24, 2.45) is 0 Å². The third kappa shape index (κ3) is 3.72. The van der Waals surface area contributed by atoms with Gasteiger partial charge in [-0.3, -0.25) is 4.79 Å². The Bertz CT molecular complexity index is 665. The maximum absolute atomic E-state index is 12.6. The van der Waals surface area contributed by atoms with Gasteiger partial charge in [-0.15, -0.1) is 0 Å². The molecule has 8 heteroatoms. The zero-order valence-electron chi connectivity index (χ0n) is 12.8. The number of carbonyl (C=O) groups is 1. The Hall–Kier alpha value is -1.48. The minimum absolute atomic E-state index is 0.0991. The lowest BCUT2D eigenvalue weighted by molar-refractivity contribution is 0.0730. The first-order valence-corrected chi connectivity index (χ1v) is 9.21. The third-order valence-electron chi connectivity index (χ3n) is 4.10. The standard InChI is InChI=1S/C15H21N3O4S/c19-15(17-13-4-5-16-11-13)12-2-1-3-14(10-12)23(20,21)18-6-8-22-9-7-18/h1-3,10,13,16H,4-9,11H2,(H,17,19). The normalized spacial score (nSPS) is 22.9. The van der Waals surface area contributed by atoms with Gasteiger partial charge in [0.05, 0.1) is 18.1 Å². The molecule has 126 valence electrons. The van der Waals surface area contributed by atoms with Crippen molar-refractivity contribution in [3.63, 3.8) is 0 Å². The molecule has 0 bridgehead atoms. The number of rotatable bonds is 4. The quantitative estimate of drug-likeness (QED) is 0.793. The molecule has 0 aliphatic carbocycles. The van der Waals surface area contributed by atoms with E-state index in [0.717, 1.165) is 19.5 Å². The fourth-order valence-electron chi connectivity index (χ4n) is 2.78. The second-order valence-electron chi connectivity index (χ2n) is 5.71. The summed E-state index contributed by atoms with van der Waals surface area (Å²) in [4.78, 5) is 12.4. The van der Waals surface area contributed by atoms with Crippen molar-refractivity contribution in [3.8, 4) is 0 Å². The first kappa shape index (κ1) is 16.4. The molecular weight excluding hydrogens is 318 g/mol. The van der Waals surface area contributed by atoms with Crippen molar-refractivity contribution < 1.29 is 17.9 Å². The van der Waals surface area contributed by atoms with Crippen LogP contribution in [0, 0.1) is 0 Å². The van der Waals surface area contributed by atoms with Gasteiger partial charge in [-0.25, -0.2) is 8.42 Å². The van der Waals surface area contributed by atoms with Crippen molar-refractivity contribution in [3.05, 3.63) is 29.8 Å². The zero-order chi connectivity index (χ0) is 16.3. The molecule has 2 aliphatic heterocycles. The van der Waals surface area contributed by atoms with Crippen LogP contribution in [0.25, 0.3) is 0 Å². The van der Waals surface area contributed by atoms with E-state index in [1.807, 2.05) is 0 Å². The van der Waals surface area contributed by atoms with E-state index in [2.05, 4.69) is 10.6 Å². The van der Waals surface area contributed by atoms with Crippen LogP contribution in [-0.2, 0) is 14.8 Å². The van der Waals surface area contributed by atoms with Crippen LogP contribution in [0.15, 0.2) is 29.2 Å². The molecule has 0 aromatic heterocycles. The molecule has 3 rings (SSSR count). The summed E-state index contributed by atoms with van der Waals surface area (Å²) >= 11 is 0. The summed E-state index contributed by atoms with van der Waals surface area (Å²) in [5, 5.41) is 6.10. The second kappa shape index (κ2) is 6.96. The van der Waals surface area contributed by atoms with E-state index in [0.29, 0.717) is 31.9 Å². The highest BCUT2D eigenvalue weighted by Gasteiger charge is 2.27. The maximum atomic E-state index is 12.6. The number of nitrogens with zero attached hydrogens (tertiary/aromatic N) is 1. The van der Waals surface area contributed by atoms with Crippen LogP contribution < -0.4 is 10.6 Å². The number of amides is 1. The molecule has 1 atom stereocenters. The predicted octanol–water partition coefficient (Wildman–Crippen LogP) is -0.201. The Morgan fingerprint density at radius 2 is 2.09 bits per heavy atom. The van der Waals surface area contributed by atoms with Crippen molar-refractivity contribution in [2.75, 3.05) is 39.4 Å². The van der Waals surface area contributed by atoms with E-state index in [1.165, 1.54) is 16.4 Å². The molecule has 23 heavy (non-hydrogen) atoms. The molecule has 2 saturated heterocycles. The second-order valence-corrected chi connectivity index (χ2v) is 7.65. The Balaban J connectivity index is 1.77. The Labute approximate surface area is 136 Å². The first-order valence-electron chi connectivity index (χ1n) is 7.77. The van der Waals surface area contributed by atoms with Crippen LogP contribution in [0.3, 0.4) is 0 Å². The number of morpholine rings is 1. The minimum atomic E-state index is -3.58. The molecule has 7 nitrogen and oxygen atoms in total. The lowest BCUT2D eigenvalue weighted by atomic mass is 10.2. The molecule has 0 radical (unpaired) electrons. The average molecular weight is 339 g/mol. The fourth-order valence-corrected chi connectivity index (χ4v) is 4.23. The molecule has 1 amide bonds. The van der Waals surface area contributed by atoms with Gasteiger partial charge in [0.25, 0.3) is 5.91 Å². The molecule has 2 N–H and O–H groups in total. The predicted molar refractivity (Wildman–Crippen MR) is 84.8 cm³/mol. The van der Waals surface area contributed by atoms with Gasteiger partial charge in [-0.1, -0.05) is 6.07 Å². The highest BCUT2D eigenvalue weighted by Crippen LogP contribution is 2.18. The number of benzene rings is 1. The van der Waals surface area contributed by atoms with Gasteiger partial charge in [-0.2, -0.15) is 4.31 Å². The van der Waals surface area contributed by atoms with Crippen molar-refractivity contribution >= 4 is 15.9 Å². The van der Waals surface area contributed by atoms with E-state index in [1.54, 1.807) is 12.1 Å². The van der Waals surface area contributed by atoms with Crippen molar-refractivity contribution in [1.82, 2.24) is 14.9 Å². The molecule has 1 aromatic carbocycles. The van der Waals surface area contributed by atoms with Crippen molar-refractivity contribution in [1.29, 1.82) is 0 Å². The molecular formula is C15H21N3O4S. The number of nitrogens with one attached hydrogen (secondary N) is 2. The van der Waals surface area contributed by atoms with Crippen LogP contribution in [0.4, 0.5) is 0 Å². The first-order chi connectivity index (χ1) is 11.1. The smallest absolute Gasteiger partial charge is 0.251 e. The topological polar surface area (TPSA) is 87.7 Å². The third-order valence-corrected chi connectivity index (χ3v) is 5.99. The molecule has 1 aromatic rings. The molecule has 0 saturated carbocycles. The van der Waals surface area contributed by atoms with Gasteiger partial charge >= 0.3 is 0 Å². The highest BCUT2D eigenvalue weighted by molar-refractivity contribution is 7.89. The van der Waals surface area contributed by atoms with Crippen LogP contribution in [0.1, 0.15) is 16.8 Å². The summed E-state index contributed by atoms with van der Waals surface area (Å²) in [6.07, 6.45) is 0.886. The van der Waals surface area contributed by atoms with E-state index in [9.17, 15) is 13.2 Å². The fraction of sp³-hybridized carbons (Fsp3) is 0.533. The van der Waals surface area contributed by atoms with E-state index < -0.39 is 10.0 Å². The van der Waals surface area contributed by atoms with Crippen LogP contribution in [-0.4, -0.2) is 64.1 Å². The molecule has 0 spiro atoms. The van der Waals surface area contributed by atoms with Gasteiger partial charge in [0.2, 0.25) is 10.0 Å². The Morgan fingerprint density at radius 3 is 2.78 bits per heavy atom. The summed E-state index contributed by atoms with van der Waals surface area (Å²) in [6.45, 7) is 3.11. The van der Waals surface area contributed by atoms with Crippen molar-refractivity contribution in [2.45, 2.75) is 17.4 Å². The number of carbonyl (C=O) groups excluding carboxylic acids is 1. The maximum Gasteiger partial charge on any atom is 0.251 e. The highest BCUT2D eigenvalue weighted by atomic mass is 32.2. The van der Waals surface area contributed by atoms with Gasteiger partial charge in [-0.05, 0) is 31.2 Å². The summed E-state index contributed by atoms with van der Waals surface area (Å²) in [5.74, 6) is -0.238. The van der Waals surface area contributed by atoms with Crippen LogP contribution in [0.2, 0.25) is 0 Å². The van der Waals surface area contributed by atoms with Gasteiger partial charge in [0.15, 0.2) is 0 Å². The van der Waals surface area contributed by atoms with Gasteiger partial charge < -0.3 is 15.4 Å². The average Bonchev–Trinajstić information content (AvgIpc) is 3.09. The lowest BCUT2D eigenvalue weighted by Crippen LogP contribution is -2.40. The summed E-state index contributed by atoms with van der Waals surface area (Å²) in [7, 11) is -3.58. The molecule has 2 heterocycles. The number of ether oxygens (including phenoxy) is 1.